The van der Waals surface area contributed by atoms with E-state index in [1.54, 1.807) is 12.1 Å². The van der Waals surface area contributed by atoms with Gasteiger partial charge < -0.3 is 4.98 Å². The Labute approximate surface area is 121 Å². The molecule has 3 rings (SSSR count). The number of imidazole rings is 1. The third-order valence-electron chi connectivity index (χ3n) is 3.00. The summed E-state index contributed by atoms with van der Waals surface area (Å²) >= 11 is 5.47. The lowest BCUT2D eigenvalue weighted by atomic mass is 10.2. The molecule has 3 aromatic rings. The van der Waals surface area contributed by atoms with E-state index in [1.807, 2.05) is 30.3 Å². The lowest BCUT2D eigenvalue weighted by Crippen LogP contribution is -2.01. The van der Waals surface area contributed by atoms with Crippen LogP contribution in [0.15, 0.2) is 53.4 Å². The van der Waals surface area contributed by atoms with Crippen molar-refractivity contribution >= 4 is 32.5 Å². The zero-order valence-corrected chi connectivity index (χ0v) is 11.9. The third-order valence-corrected chi connectivity index (χ3v) is 5.12. The summed E-state index contributed by atoms with van der Waals surface area (Å²) in [6.07, 6.45) is 0. The van der Waals surface area contributed by atoms with Gasteiger partial charge in [0.15, 0.2) is 9.84 Å². The van der Waals surface area contributed by atoms with Crippen LogP contribution in [0, 0.1) is 0 Å². The lowest BCUT2D eigenvalue weighted by Gasteiger charge is -1.99. The number of halogens is 1. The molecule has 1 heterocycles. The Hall–Kier alpha value is -1.85. The van der Waals surface area contributed by atoms with Crippen LogP contribution in [0.1, 0.15) is 0 Å². The normalized spacial score (nSPS) is 11.8. The zero-order valence-electron chi connectivity index (χ0n) is 10.4. The van der Waals surface area contributed by atoms with Crippen molar-refractivity contribution in [3.8, 4) is 11.4 Å². The molecule has 1 aromatic heterocycles. The Morgan fingerprint density at radius 1 is 1.10 bits per heavy atom. The number of rotatable bonds is 3. The number of hydrogen-bond donors (Lipinski definition) is 1. The van der Waals surface area contributed by atoms with Crippen molar-refractivity contribution in [2.45, 2.75) is 4.90 Å². The molecular weight excluding hydrogens is 296 g/mol. The minimum atomic E-state index is -3.43. The van der Waals surface area contributed by atoms with E-state index in [4.69, 9.17) is 11.6 Å². The van der Waals surface area contributed by atoms with E-state index in [0.717, 1.165) is 11.1 Å². The predicted molar refractivity (Wildman–Crippen MR) is 79.4 cm³/mol. The van der Waals surface area contributed by atoms with Crippen molar-refractivity contribution < 1.29 is 8.42 Å². The minimum absolute atomic E-state index is 0.197. The van der Waals surface area contributed by atoms with E-state index in [1.165, 1.54) is 6.07 Å². The number of alkyl halides is 1. The summed E-state index contributed by atoms with van der Waals surface area (Å²) in [4.78, 5) is 7.78. The third kappa shape index (κ3) is 2.30. The van der Waals surface area contributed by atoms with Crippen LogP contribution in [-0.4, -0.2) is 23.6 Å². The molecule has 0 aliphatic rings. The maximum absolute atomic E-state index is 11.8. The van der Waals surface area contributed by atoms with E-state index in [2.05, 4.69) is 9.97 Å². The fourth-order valence-electron chi connectivity index (χ4n) is 1.98. The van der Waals surface area contributed by atoms with Crippen LogP contribution >= 0.6 is 11.6 Å². The second kappa shape index (κ2) is 4.92. The molecular formula is C14H11ClN2O2S. The van der Waals surface area contributed by atoms with Crippen LogP contribution in [-0.2, 0) is 9.84 Å². The molecule has 0 radical (unpaired) electrons. The van der Waals surface area contributed by atoms with E-state index < -0.39 is 15.0 Å². The number of benzene rings is 2. The topological polar surface area (TPSA) is 62.8 Å². The van der Waals surface area contributed by atoms with Gasteiger partial charge in [0.1, 0.15) is 11.0 Å². The van der Waals surface area contributed by atoms with Crippen LogP contribution in [0.25, 0.3) is 22.4 Å². The lowest BCUT2D eigenvalue weighted by molar-refractivity contribution is 0.600. The Bertz CT molecular complexity index is 857. The van der Waals surface area contributed by atoms with Crippen LogP contribution in [0.5, 0.6) is 0 Å². The number of fused-ring (bicyclic) bond motifs is 1. The van der Waals surface area contributed by atoms with E-state index in [-0.39, 0.29) is 4.90 Å². The molecule has 0 atom stereocenters. The summed E-state index contributed by atoms with van der Waals surface area (Å²) in [5, 5.41) is -0.432. The van der Waals surface area contributed by atoms with E-state index >= 15 is 0 Å². The highest BCUT2D eigenvalue weighted by atomic mass is 35.5. The molecule has 0 amide bonds. The number of hydrogen-bond acceptors (Lipinski definition) is 3. The Kier molecular flexibility index (Phi) is 3.23. The molecule has 0 bridgehead atoms. The Morgan fingerprint density at radius 3 is 2.55 bits per heavy atom. The number of nitrogens with zero attached hydrogens (tertiary/aromatic N) is 1. The smallest absolute Gasteiger partial charge is 0.192 e. The van der Waals surface area contributed by atoms with E-state index in [0.29, 0.717) is 11.3 Å². The Balaban J connectivity index is 2.13. The van der Waals surface area contributed by atoms with Gasteiger partial charge in [0.25, 0.3) is 0 Å². The van der Waals surface area contributed by atoms with Gasteiger partial charge in [-0.1, -0.05) is 30.3 Å². The summed E-state index contributed by atoms with van der Waals surface area (Å²) in [5.41, 5.74) is 2.35. The quantitative estimate of drug-likeness (QED) is 0.756. The number of H-pyrrole nitrogens is 1. The number of aromatic amines is 1. The largest absolute Gasteiger partial charge is 0.338 e. The number of sulfone groups is 1. The molecule has 1 N–H and O–H groups in total. The van der Waals surface area contributed by atoms with Gasteiger partial charge in [0.2, 0.25) is 0 Å². The average molecular weight is 307 g/mol. The first-order valence-electron chi connectivity index (χ1n) is 5.94. The molecule has 0 aliphatic carbocycles. The van der Waals surface area contributed by atoms with Crippen molar-refractivity contribution in [3.05, 3.63) is 48.5 Å². The molecule has 0 unspecified atom stereocenters. The molecule has 4 nitrogen and oxygen atoms in total. The molecule has 0 spiro atoms. The van der Waals surface area contributed by atoms with Gasteiger partial charge in [-0.25, -0.2) is 13.4 Å². The van der Waals surface area contributed by atoms with Crippen molar-refractivity contribution in [1.82, 2.24) is 9.97 Å². The van der Waals surface area contributed by atoms with Crippen molar-refractivity contribution in [2.75, 3.05) is 5.21 Å². The van der Waals surface area contributed by atoms with Crippen molar-refractivity contribution in [1.29, 1.82) is 0 Å². The maximum atomic E-state index is 11.8. The highest BCUT2D eigenvalue weighted by Gasteiger charge is 2.14. The highest BCUT2D eigenvalue weighted by molar-refractivity contribution is 7.92. The predicted octanol–water partition coefficient (Wildman–Crippen LogP) is 3.20. The van der Waals surface area contributed by atoms with Crippen LogP contribution in [0.2, 0.25) is 0 Å². The molecule has 0 fully saturated rings. The number of aromatic nitrogens is 2. The maximum Gasteiger partial charge on any atom is 0.192 e. The SMILES string of the molecule is O=S(=O)(CCl)c1ccc2nc(-c3ccccc3)[nH]c2c1. The minimum Gasteiger partial charge on any atom is -0.338 e. The van der Waals surface area contributed by atoms with Gasteiger partial charge in [-0.05, 0) is 18.2 Å². The highest BCUT2D eigenvalue weighted by Crippen LogP contribution is 2.23. The molecule has 0 saturated heterocycles. The molecule has 2 aromatic carbocycles. The van der Waals surface area contributed by atoms with Crippen molar-refractivity contribution in [2.24, 2.45) is 0 Å². The number of nitrogens with one attached hydrogen (secondary N) is 1. The standard InChI is InChI=1S/C14H11ClN2O2S/c15-9-20(18,19)11-6-7-12-13(8-11)17-14(16-12)10-4-2-1-3-5-10/h1-8H,9H2,(H,16,17). The summed E-state index contributed by atoms with van der Waals surface area (Å²) in [6.45, 7) is 0. The van der Waals surface area contributed by atoms with Gasteiger partial charge in [-0.2, -0.15) is 0 Å². The zero-order chi connectivity index (χ0) is 14.2. The summed E-state index contributed by atoms with van der Waals surface area (Å²) < 4.78 is 23.5. The fourth-order valence-corrected chi connectivity index (χ4v) is 3.05. The second-order valence-electron chi connectivity index (χ2n) is 4.35. The summed E-state index contributed by atoms with van der Waals surface area (Å²) in [5.74, 6) is 0.709. The first-order chi connectivity index (χ1) is 9.60. The van der Waals surface area contributed by atoms with Gasteiger partial charge in [-0.3, -0.25) is 0 Å². The van der Waals surface area contributed by atoms with E-state index in [9.17, 15) is 8.42 Å². The molecule has 102 valence electrons. The van der Waals surface area contributed by atoms with Crippen LogP contribution in [0.4, 0.5) is 0 Å². The van der Waals surface area contributed by atoms with Crippen LogP contribution < -0.4 is 0 Å². The summed E-state index contributed by atoms with van der Waals surface area (Å²) in [6, 6.07) is 14.4. The fraction of sp³-hybridized carbons (Fsp3) is 0.0714. The monoisotopic (exact) mass is 306 g/mol. The molecule has 0 aliphatic heterocycles. The molecule has 0 saturated carbocycles. The molecule has 6 heteroatoms. The average Bonchev–Trinajstić information content (AvgIpc) is 2.91. The first kappa shape index (κ1) is 13.1. The van der Waals surface area contributed by atoms with Gasteiger partial charge in [0.05, 0.1) is 15.9 Å². The summed E-state index contributed by atoms with van der Waals surface area (Å²) in [7, 11) is -3.43. The van der Waals surface area contributed by atoms with Gasteiger partial charge in [-0.15, -0.1) is 11.6 Å². The Morgan fingerprint density at radius 2 is 1.85 bits per heavy atom. The van der Waals surface area contributed by atoms with Gasteiger partial charge in [0, 0.05) is 5.56 Å². The van der Waals surface area contributed by atoms with Crippen LogP contribution in [0.3, 0.4) is 0 Å². The van der Waals surface area contributed by atoms with Gasteiger partial charge >= 0.3 is 0 Å². The second-order valence-corrected chi connectivity index (χ2v) is 6.93. The molecule has 20 heavy (non-hydrogen) atoms. The first-order valence-corrected chi connectivity index (χ1v) is 8.13. The van der Waals surface area contributed by atoms with Crippen molar-refractivity contribution in [3.63, 3.8) is 0 Å².